The highest BCUT2D eigenvalue weighted by Crippen LogP contribution is 2.35. The Balaban J connectivity index is 1.70. The molecule has 0 radical (unpaired) electrons. The molecule has 2 aliphatic rings. The molecule has 4 nitrogen and oxygen atoms in total. The molecular weight excluding hydrogens is 242 g/mol. The average molecular weight is 263 g/mol. The molecule has 2 saturated heterocycles. The minimum Gasteiger partial charge on any atom is -0.488 e. The Bertz CT molecular complexity index is 455. The summed E-state index contributed by atoms with van der Waals surface area (Å²) in [6.07, 6.45) is 2.94. The molecule has 1 aromatic carbocycles. The molecule has 19 heavy (non-hydrogen) atoms. The average Bonchev–Trinajstić information content (AvgIpc) is 2.82. The van der Waals surface area contributed by atoms with E-state index in [2.05, 4.69) is 0 Å². The predicted octanol–water partition coefficient (Wildman–Crippen LogP) is 2.29. The first-order valence-electron chi connectivity index (χ1n) is 6.91. The molecule has 2 atom stereocenters. The van der Waals surface area contributed by atoms with Gasteiger partial charge in [0.2, 0.25) is 0 Å². The summed E-state index contributed by atoms with van der Waals surface area (Å²) in [7, 11) is 0. The number of hydrogen-bond donors (Lipinski definition) is 1. The van der Waals surface area contributed by atoms with Gasteiger partial charge in [-0.3, -0.25) is 0 Å². The van der Waals surface area contributed by atoms with Crippen molar-refractivity contribution in [2.75, 3.05) is 25.6 Å². The number of nitrogens with two attached hydrogens (primary N) is 1. The van der Waals surface area contributed by atoms with Crippen LogP contribution >= 0.6 is 0 Å². The Morgan fingerprint density at radius 1 is 1.37 bits per heavy atom. The fourth-order valence-corrected chi connectivity index (χ4v) is 2.87. The summed E-state index contributed by atoms with van der Waals surface area (Å²) in [5, 5.41) is 0. The SMILES string of the molecule is Cc1ccc(N)c(OC2CCOC3(CCOC3)C2)c1. The van der Waals surface area contributed by atoms with E-state index >= 15 is 0 Å². The van der Waals surface area contributed by atoms with Gasteiger partial charge in [0.15, 0.2) is 0 Å². The Hall–Kier alpha value is -1.26. The monoisotopic (exact) mass is 263 g/mol. The van der Waals surface area contributed by atoms with Crippen LogP contribution in [0.1, 0.15) is 24.8 Å². The van der Waals surface area contributed by atoms with Crippen molar-refractivity contribution < 1.29 is 14.2 Å². The molecule has 1 spiro atoms. The first kappa shape index (κ1) is 12.8. The lowest BCUT2D eigenvalue weighted by atomic mass is 9.91. The van der Waals surface area contributed by atoms with Gasteiger partial charge in [0, 0.05) is 25.9 Å². The molecule has 104 valence electrons. The van der Waals surface area contributed by atoms with Crippen molar-refractivity contribution in [2.45, 2.75) is 37.9 Å². The molecule has 2 heterocycles. The van der Waals surface area contributed by atoms with E-state index in [9.17, 15) is 0 Å². The summed E-state index contributed by atoms with van der Waals surface area (Å²) in [5.41, 5.74) is 7.71. The fraction of sp³-hybridized carbons (Fsp3) is 0.600. The van der Waals surface area contributed by atoms with Crippen LogP contribution in [0.15, 0.2) is 18.2 Å². The Labute approximate surface area is 113 Å². The molecule has 2 aliphatic heterocycles. The Morgan fingerprint density at radius 3 is 3.05 bits per heavy atom. The van der Waals surface area contributed by atoms with Crippen LogP contribution in [-0.4, -0.2) is 31.5 Å². The molecule has 2 N–H and O–H groups in total. The van der Waals surface area contributed by atoms with Gasteiger partial charge in [-0.25, -0.2) is 0 Å². The fourth-order valence-electron chi connectivity index (χ4n) is 2.87. The van der Waals surface area contributed by atoms with E-state index in [0.29, 0.717) is 12.3 Å². The smallest absolute Gasteiger partial charge is 0.142 e. The van der Waals surface area contributed by atoms with Gasteiger partial charge >= 0.3 is 0 Å². The number of hydrogen-bond acceptors (Lipinski definition) is 4. The topological polar surface area (TPSA) is 53.7 Å². The van der Waals surface area contributed by atoms with Gasteiger partial charge in [-0.15, -0.1) is 0 Å². The number of rotatable bonds is 2. The maximum absolute atomic E-state index is 6.09. The highest BCUT2D eigenvalue weighted by Gasteiger charge is 2.41. The largest absolute Gasteiger partial charge is 0.488 e. The minimum absolute atomic E-state index is 0.124. The van der Waals surface area contributed by atoms with Gasteiger partial charge in [-0.2, -0.15) is 0 Å². The third kappa shape index (κ3) is 2.69. The third-order valence-corrected chi connectivity index (χ3v) is 3.98. The molecule has 0 bridgehead atoms. The number of benzene rings is 1. The second-order valence-electron chi connectivity index (χ2n) is 5.61. The molecule has 0 saturated carbocycles. The minimum atomic E-state index is -0.124. The van der Waals surface area contributed by atoms with E-state index in [1.807, 2.05) is 25.1 Å². The number of anilines is 1. The molecule has 3 rings (SSSR count). The molecule has 0 aromatic heterocycles. The standard InChI is InChI=1S/C15H21NO3/c1-11-2-3-13(16)14(8-11)19-12-4-6-18-15(9-12)5-7-17-10-15/h2-3,8,12H,4-7,9-10,16H2,1H3. The van der Waals surface area contributed by atoms with Gasteiger partial charge in [-0.1, -0.05) is 6.07 Å². The van der Waals surface area contributed by atoms with Crippen molar-refractivity contribution in [2.24, 2.45) is 0 Å². The number of ether oxygens (including phenoxy) is 3. The van der Waals surface area contributed by atoms with Crippen LogP contribution in [0.2, 0.25) is 0 Å². The summed E-state index contributed by atoms with van der Waals surface area (Å²) in [6, 6.07) is 5.90. The van der Waals surface area contributed by atoms with E-state index in [4.69, 9.17) is 19.9 Å². The quantitative estimate of drug-likeness (QED) is 0.832. The molecule has 0 amide bonds. The van der Waals surface area contributed by atoms with Crippen molar-refractivity contribution in [3.05, 3.63) is 23.8 Å². The maximum Gasteiger partial charge on any atom is 0.142 e. The summed E-state index contributed by atoms with van der Waals surface area (Å²) >= 11 is 0. The van der Waals surface area contributed by atoms with Crippen LogP contribution in [-0.2, 0) is 9.47 Å². The van der Waals surface area contributed by atoms with Crippen LogP contribution in [0.5, 0.6) is 5.75 Å². The molecule has 2 unspecified atom stereocenters. The van der Waals surface area contributed by atoms with Gasteiger partial charge in [0.25, 0.3) is 0 Å². The van der Waals surface area contributed by atoms with Crippen LogP contribution in [0.3, 0.4) is 0 Å². The highest BCUT2D eigenvalue weighted by molar-refractivity contribution is 5.53. The first-order chi connectivity index (χ1) is 9.17. The normalized spacial score (nSPS) is 30.7. The zero-order chi connectivity index (χ0) is 13.3. The number of nitrogen functional groups attached to an aromatic ring is 1. The van der Waals surface area contributed by atoms with E-state index in [1.54, 1.807) is 0 Å². The third-order valence-electron chi connectivity index (χ3n) is 3.98. The van der Waals surface area contributed by atoms with Crippen molar-refractivity contribution >= 4 is 5.69 Å². The molecule has 1 aromatic rings. The first-order valence-corrected chi connectivity index (χ1v) is 6.91. The van der Waals surface area contributed by atoms with E-state index in [1.165, 1.54) is 0 Å². The van der Waals surface area contributed by atoms with Gasteiger partial charge < -0.3 is 19.9 Å². The molecule has 2 fully saturated rings. The van der Waals surface area contributed by atoms with E-state index in [-0.39, 0.29) is 11.7 Å². The zero-order valence-corrected chi connectivity index (χ0v) is 11.4. The van der Waals surface area contributed by atoms with Crippen LogP contribution in [0.25, 0.3) is 0 Å². The predicted molar refractivity (Wildman–Crippen MR) is 73.4 cm³/mol. The second kappa shape index (κ2) is 5.02. The van der Waals surface area contributed by atoms with E-state index < -0.39 is 0 Å². The maximum atomic E-state index is 6.09. The zero-order valence-electron chi connectivity index (χ0n) is 11.4. The second-order valence-corrected chi connectivity index (χ2v) is 5.61. The van der Waals surface area contributed by atoms with Gasteiger partial charge in [0.05, 0.1) is 24.5 Å². The van der Waals surface area contributed by atoms with Crippen molar-refractivity contribution in [3.63, 3.8) is 0 Å². The molecule has 4 heteroatoms. The lowest BCUT2D eigenvalue weighted by Gasteiger charge is -2.37. The summed E-state index contributed by atoms with van der Waals surface area (Å²) in [6.45, 7) is 4.26. The Morgan fingerprint density at radius 2 is 2.26 bits per heavy atom. The van der Waals surface area contributed by atoms with Crippen molar-refractivity contribution in [3.8, 4) is 5.75 Å². The van der Waals surface area contributed by atoms with Crippen molar-refractivity contribution in [1.82, 2.24) is 0 Å². The van der Waals surface area contributed by atoms with Crippen LogP contribution in [0.4, 0.5) is 5.69 Å². The van der Waals surface area contributed by atoms with Crippen LogP contribution < -0.4 is 10.5 Å². The lowest BCUT2D eigenvalue weighted by molar-refractivity contribution is -0.112. The Kier molecular flexibility index (Phi) is 3.37. The lowest BCUT2D eigenvalue weighted by Crippen LogP contribution is -2.44. The highest BCUT2D eigenvalue weighted by atomic mass is 16.6. The summed E-state index contributed by atoms with van der Waals surface area (Å²) in [5.74, 6) is 0.793. The van der Waals surface area contributed by atoms with Gasteiger partial charge in [-0.05, 0) is 24.6 Å². The summed E-state index contributed by atoms with van der Waals surface area (Å²) < 4.78 is 17.5. The van der Waals surface area contributed by atoms with E-state index in [0.717, 1.165) is 43.8 Å². The summed E-state index contributed by atoms with van der Waals surface area (Å²) in [4.78, 5) is 0. The van der Waals surface area contributed by atoms with Crippen molar-refractivity contribution in [1.29, 1.82) is 0 Å². The molecule has 0 aliphatic carbocycles. The van der Waals surface area contributed by atoms with Gasteiger partial charge in [0.1, 0.15) is 11.9 Å². The molecular formula is C15H21NO3. The number of aryl methyl sites for hydroxylation is 1. The van der Waals surface area contributed by atoms with Crippen LogP contribution in [0, 0.1) is 6.92 Å².